The van der Waals surface area contributed by atoms with Crippen molar-refractivity contribution < 1.29 is 0 Å². The Bertz CT molecular complexity index is 3290. The number of hydrogen-bond acceptors (Lipinski definition) is 1. The molecule has 3 heterocycles. The first kappa shape index (κ1) is 33.0. The van der Waals surface area contributed by atoms with Gasteiger partial charge in [0.2, 0.25) is 0 Å². The minimum atomic E-state index is -0.134. The molecule has 0 saturated carbocycles. The molecular formula is C54H39N4-. The molecule has 0 bridgehead atoms. The molecule has 58 heavy (non-hydrogen) atoms. The van der Waals surface area contributed by atoms with Crippen LogP contribution in [0.25, 0.3) is 82.2 Å². The van der Waals surface area contributed by atoms with Crippen LogP contribution in [0.4, 0.5) is 5.69 Å². The molecule has 1 N–H and O–H groups in total. The monoisotopic (exact) mass is 743 g/mol. The Morgan fingerprint density at radius 1 is 0.500 bits per heavy atom. The van der Waals surface area contributed by atoms with E-state index in [1.165, 1.54) is 93.6 Å². The molecule has 12 rings (SSSR count). The predicted molar refractivity (Wildman–Crippen MR) is 243 cm³/mol. The zero-order chi connectivity index (χ0) is 38.2. The van der Waals surface area contributed by atoms with Crippen LogP contribution in [-0.2, 0) is 0 Å². The van der Waals surface area contributed by atoms with E-state index in [1.54, 1.807) is 0 Å². The number of hydrogen-bond donors (Lipinski definition) is 1. The molecule has 1 aliphatic heterocycles. The number of aromatic nitrogens is 2. The summed E-state index contributed by atoms with van der Waals surface area (Å²) in [5.41, 5.74) is 14.6. The minimum absolute atomic E-state index is 0.0285. The van der Waals surface area contributed by atoms with Crippen LogP contribution in [0.2, 0.25) is 0 Å². The van der Waals surface area contributed by atoms with Crippen molar-refractivity contribution in [3.63, 3.8) is 0 Å². The highest BCUT2D eigenvalue weighted by atomic mass is 15.2. The van der Waals surface area contributed by atoms with E-state index in [4.69, 9.17) is 5.32 Å². The van der Waals surface area contributed by atoms with Crippen molar-refractivity contribution in [1.29, 1.82) is 0 Å². The van der Waals surface area contributed by atoms with Gasteiger partial charge in [0.25, 0.3) is 0 Å². The standard InChI is InChI=1S/C54H39N4/c1-3-15-36(16-4-1)53-52-42-21-8-7-14-35(42)26-29-47(52)55-54(56-53)39-17-13-20-41(32-39)58-49-25-12-10-23-44(49)46-34-38(28-31-51(46)58)37-27-30-50-45(33-37)43-22-9-11-24-48(43)57(50)40-18-5-2-6-19-40/h1-12,14-16,18-34,53-54,56H,13,17H2/q-1. The third-order valence-electron chi connectivity index (χ3n) is 12.4. The quantitative estimate of drug-likeness (QED) is 0.187. The third kappa shape index (κ3) is 5.19. The number of nitrogens with one attached hydrogen (secondary N) is 1. The molecule has 4 heteroatoms. The molecule has 276 valence electrons. The molecular weight excluding hydrogens is 705 g/mol. The molecule has 4 nitrogen and oxygen atoms in total. The molecule has 0 fully saturated rings. The van der Waals surface area contributed by atoms with E-state index in [1.807, 2.05) is 0 Å². The zero-order valence-corrected chi connectivity index (χ0v) is 31.9. The Balaban J connectivity index is 0.949. The van der Waals surface area contributed by atoms with E-state index in [-0.39, 0.29) is 12.2 Å². The summed E-state index contributed by atoms with van der Waals surface area (Å²) in [6.45, 7) is 0. The highest BCUT2D eigenvalue weighted by molar-refractivity contribution is 6.13. The maximum atomic E-state index is 5.42. The Hall–Kier alpha value is -7.14. The van der Waals surface area contributed by atoms with E-state index >= 15 is 0 Å². The lowest BCUT2D eigenvalue weighted by molar-refractivity contribution is 0.541. The van der Waals surface area contributed by atoms with Crippen LogP contribution in [-0.4, -0.2) is 15.3 Å². The molecule has 1 aliphatic carbocycles. The molecule has 10 aromatic rings. The topological polar surface area (TPSA) is 36.0 Å². The van der Waals surface area contributed by atoms with Crippen molar-refractivity contribution >= 4 is 65.8 Å². The second-order valence-electron chi connectivity index (χ2n) is 15.7. The van der Waals surface area contributed by atoms with Gasteiger partial charge in [-0.1, -0.05) is 145 Å². The Labute approximate surface area is 337 Å². The van der Waals surface area contributed by atoms with Crippen molar-refractivity contribution in [3.05, 3.63) is 216 Å². The molecule has 8 aromatic carbocycles. The van der Waals surface area contributed by atoms with Gasteiger partial charge in [-0.3, -0.25) is 0 Å². The first-order valence-corrected chi connectivity index (χ1v) is 20.3. The number of fused-ring (bicyclic) bond motifs is 9. The van der Waals surface area contributed by atoms with Crippen molar-refractivity contribution in [2.75, 3.05) is 0 Å². The Morgan fingerprint density at radius 2 is 1.09 bits per heavy atom. The average Bonchev–Trinajstić information content (AvgIpc) is 3.81. The van der Waals surface area contributed by atoms with Crippen LogP contribution in [0.5, 0.6) is 0 Å². The van der Waals surface area contributed by atoms with Crippen LogP contribution in [0, 0.1) is 0 Å². The normalized spacial score (nSPS) is 16.8. The van der Waals surface area contributed by atoms with E-state index in [0.29, 0.717) is 0 Å². The molecule has 0 radical (unpaired) electrons. The van der Waals surface area contributed by atoms with Crippen LogP contribution in [0.1, 0.15) is 30.0 Å². The largest absolute Gasteiger partial charge is 0.666 e. The van der Waals surface area contributed by atoms with Gasteiger partial charge in [0.05, 0.1) is 28.1 Å². The summed E-state index contributed by atoms with van der Waals surface area (Å²) < 4.78 is 4.84. The van der Waals surface area contributed by atoms with E-state index in [0.717, 1.165) is 18.5 Å². The lowest BCUT2D eigenvalue weighted by Gasteiger charge is -2.47. The molecule has 2 unspecified atom stereocenters. The number of para-hydroxylation sites is 3. The smallest absolute Gasteiger partial charge is 0.0562 e. The van der Waals surface area contributed by atoms with Gasteiger partial charge in [-0.2, -0.15) is 0 Å². The summed E-state index contributed by atoms with van der Waals surface area (Å²) in [4.78, 5) is 0. The number of rotatable bonds is 5. The Morgan fingerprint density at radius 3 is 1.81 bits per heavy atom. The summed E-state index contributed by atoms with van der Waals surface area (Å²) in [7, 11) is 0. The first-order chi connectivity index (χ1) is 28.8. The summed E-state index contributed by atoms with van der Waals surface area (Å²) in [6.07, 6.45) is 6.58. The highest BCUT2D eigenvalue weighted by Gasteiger charge is 2.26. The fourth-order valence-corrected chi connectivity index (χ4v) is 9.73. The summed E-state index contributed by atoms with van der Waals surface area (Å²) in [5.74, 6) is 0. The Kier molecular flexibility index (Phi) is 7.54. The van der Waals surface area contributed by atoms with Gasteiger partial charge in [-0.05, 0) is 107 Å². The summed E-state index contributed by atoms with van der Waals surface area (Å²) >= 11 is 0. The van der Waals surface area contributed by atoms with Crippen molar-refractivity contribution in [2.45, 2.75) is 25.0 Å². The average molecular weight is 744 g/mol. The fraction of sp³-hybridized carbons (Fsp3) is 0.0741. The number of allylic oxidation sites excluding steroid dienone is 3. The molecule has 0 spiro atoms. The maximum absolute atomic E-state index is 5.42. The van der Waals surface area contributed by atoms with Gasteiger partial charge in [-0.15, -0.1) is 5.69 Å². The van der Waals surface area contributed by atoms with E-state index in [9.17, 15) is 0 Å². The van der Waals surface area contributed by atoms with Crippen molar-refractivity contribution in [3.8, 4) is 16.8 Å². The van der Waals surface area contributed by atoms with E-state index in [2.05, 4.69) is 209 Å². The van der Waals surface area contributed by atoms with Crippen LogP contribution in [0.3, 0.4) is 0 Å². The second kappa shape index (κ2) is 13.2. The van der Waals surface area contributed by atoms with Gasteiger partial charge in [0, 0.05) is 32.9 Å². The van der Waals surface area contributed by atoms with Crippen LogP contribution < -0.4 is 5.32 Å². The number of nitrogens with zero attached hydrogens (tertiary/aromatic N) is 3. The second-order valence-corrected chi connectivity index (χ2v) is 15.7. The predicted octanol–water partition coefficient (Wildman–Crippen LogP) is 14.0. The van der Waals surface area contributed by atoms with Crippen LogP contribution >= 0.6 is 0 Å². The van der Waals surface area contributed by atoms with Gasteiger partial charge in [0.1, 0.15) is 0 Å². The van der Waals surface area contributed by atoms with Gasteiger partial charge >= 0.3 is 0 Å². The van der Waals surface area contributed by atoms with Crippen molar-refractivity contribution in [2.24, 2.45) is 0 Å². The molecule has 2 atom stereocenters. The lowest BCUT2D eigenvalue weighted by atomic mass is 9.88. The summed E-state index contributed by atoms with van der Waals surface area (Å²) in [6, 6.07) is 66.2. The molecule has 2 aromatic heterocycles. The number of benzene rings is 8. The fourth-order valence-electron chi connectivity index (χ4n) is 9.73. The zero-order valence-electron chi connectivity index (χ0n) is 31.9. The molecule has 0 amide bonds. The third-order valence-corrected chi connectivity index (χ3v) is 12.4. The van der Waals surface area contributed by atoms with E-state index < -0.39 is 0 Å². The maximum Gasteiger partial charge on any atom is 0.0562 e. The van der Waals surface area contributed by atoms with Gasteiger partial charge in [0.15, 0.2) is 0 Å². The van der Waals surface area contributed by atoms with Crippen LogP contribution in [0.15, 0.2) is 200 Å². The van der Waals surface area contributed by atoms with Crippen molar-refractivity contribution in [1.82, 2.24) is 14.5 Å². The SMILES string of the molecule is C1=C(C2[N-]c3ccc4ccccc4c3C(c3ccccc3)N2)CCC=C1n1c2ccccc2c2cc(-c3ccc4c(c3)c3ccccc3n4-c3ccccc3)ccc21. The van der Waals surface area contributed by atoms with Gasteiger partial charge in [-0.25, -0.2) is 0 Å². The molecule has 0 saturated heterocycles. The first-order valence-electron chi connectivity index (χ1n) is 20.3. The lowest BCUT2D eigenvalue weighted by Crippen LogP contribution is -2.37. The minimum Gasteiger partial charge on any atom is -0.666 e. The molecule has 2 aliphatic rings. The summed E-state index contributed by atoms with van der Waals surface area (Å²) in [5, 5.41) is 17.0. The van der Waals surface area contributed by atoms with Gasteiger partial charge < -0.3 is 19.8 Å². The highest BCUT2D eigenvalue weighted by Crippen LogP contribution is 2.46.